The van der Waals surface area contributed by atoms with E-state index in [1.807, 2.05) is 98.8 Å². The van der Waals surface area contributed by atoms with Gasteiger partial charge in [0.05, 0.1) is 31.2 Å². The molecule has 0 aromatic heterocycles. The number of carbonyl (C=O) groups excluding carboxylic acids is 1. The Balaban J connectivity index is 1.65. The van der Waals surface area contributed by atoms with E-state index in [1.54, 1.807) is 4.90 Å². The fourth-order valence-electron chi connectivity index (χ4n) is 3.59. The van der Waals surface area contributed by atoms with E-state index in [1.165, 1.54) is 11.8 Å². The van der Waals surface area contributed by atoms with Crippen molar-refractivity contribution in [1.82, 2.24) is 4.90 Å². The van der Waals surface area contributed by atoms with Crippen LogP contribution in [0.3, 0.4) is 0 Å². The zero-order valence-corrected chi connectivity index (χ0v) is 20.3. The van der Waals surface area contributed by atoms with Crippen LogP contribution in [0, 0.1) is 0 Å². The average Bonchev–Trinajstić information content (AvgIpc) is 3.15. The molecule has 1 amide bonds. The number of hydrogen-bond donors (Lipinski definition) is 0. The second-order valence-corrected chi connectivity index (χ2v) is 8.65. The van der Waals surface area contributed by atoms with E-state index in [9.17, 15) is 4.79 Å². The lowest BCUT2D eigenvalue weighted by Gasteiger charge is -2.15. The molecule has 1 aliphatic heterocycles. The SMILES string of the molecule is CCOc1ccc(/C=C2/SC(=NCc3ccccc3)N(Cc3ccccc3)C2=O)c(OCC)c1. The summed E-state index contributed by atoms with van der Waals surface area (Å²) in [4.78, 5) is 20.6. The third-order valence-electron chi connectivity index (χ3n) is 5.19. The fourth-order valence-corrected chi connectivity index (χ4v) is 4.55. The number of rotatable bonds is 9. The molecule has 5 nitrogen and oxygen atoms in total. The molecule has 0 saturated carbocycles. The molecule has 3 aromatic carbocycles. The molecule has 0 bridgehead atoms. The minimum atomic E-state index is -0.0583. The van der Waals surface area contributed by atoms with Crippen molar-refractivity contribution in [2.24, 2.45) is 4.99 Å². The Morgan fingerprint density at radius 2 is 1.56 bits per heavy atom. The molecule has 174 valence electrons. The number of nitrogens with zero attached hydrogens (tertiary/aromatic N) is 2. The molecule has 1 saturated heterocycles. The summed E-state index contributed by atoms with van der Waals surface area (Å²) in [6, 6.07) is 25.7. The molecule has 6 heteroatoms. The molecule has 4 rings (SSSR count). The molecule has 1 aliphatic rings. The summed E-state index contributed by atoms with van der Waals surface area (Å²) in [5.41, 5.74) is 3.00. The van der Waals surface area contributed by atoms with Gasteiger partial charge < -0.3 is 9.47 Å². The summed E-state index contributed by atoms with van der Waals surface area (Å²) < 4.78 is 11.4. The van der Waals surface area contributed by atoms with Gasteiger partial charge in [0.25, 0.3) is 5.91 Å². The van der Waals surface area contributed by atoms with E-state index in [2.05, 4.69) is 0 Å². The maximum Gasteiger partial charge on any atom is 0.267 e. The topological polar surface area (TPSA) is 51.1 Å². The number of hydrogen-bond acceptors (Lipinski definition) is 5. The van der Waals surface area contributed by atoms with Crippen LogP contribution in [0.5, 0.6) is 11.5 Å². The second-order valence-electron chi connectivity index (χ2n) is 7.64. The molecule has 34 heavy (non-hydrogen) atoms. The summed E-state index contributed by atoms with van der Waals surface area (Å²) in [5, 5.41) is 0.702. The van der Waals surface area contributed by atoms with Crippen LogP contribution >= 0.6 is 11.8 Å². The third-order valence-corrected chi connectivity index (χ3v) is 6.24. The molecule has 0 radical (unpaired) electrons. The number of aliphatic imine (C=N–C) groups is 1. The maximum atomic E-state index is 13.5. The molecular weight excluding hydrogens is 444 g/mol. The number of amides is 1. The second kappa shape index (κ2) is 11.6. The van der Waals surface area contributed by atoms with Crippen LogP contribution in [0.15, 0.2) is 88.8 Å². The lowest BCUT2D eigenvalue weighted by atomic mass is 10.1. The molecule has 0 aliphatic carbocycles. The Bertz CT molecular complexity index is 1180. The predicted molar refractivity (Wildman–Crippen MR) is 139 cm³/mol. The van der Waals surface area contributed by atoms with E-state index >= 15 is 0 Å². The first kappa shape index (κ1) is 23.6. The monoisotopic (exact) mass is 472 g/mol. The summed E-state index contributed by atoms with van der Waals surface area (Å²) >= 11 is 1.40. The van der Waals surface area contributed by atoms with E-state index in [0.717, 1.165) is 22.4 Å². The van der Waals surface area contributed by atoms with Crippen molar-refractivity contribution < 1.29 is 14.3 Å². The zero-order valence-electron chi connectivity index (χ0n) is 19.4. The Hall–Kier alpha value is -3.51. The van der Waals surface area contributed by atoms with Crippen molar-refractivity contribution in [3.63, 3.8) is 0 Å². The summed E-state index contributed by atoms with van der Waals surface area (Å²) in [6.45, 7) is 5.98. The third kappa shape index (κ3) is 5.88. The van der Waals surface area contributed by atoms with Gasteiger partial charge >= 0.3 is 0 Å². The van der Waals surface area contributed by atoms with Gasteiger partial charge in [-0.2, -0.15) is 0 Å². The molecular formula is C28H28N2O3S. The van der Waals surface area contributed by atoms with Gasteiger partial charge in [-0.1, -0.05) is 60.7 Å². The average molecular weight is 473 g/mol. The van der Waals surface area contributed by atoms with Crippen molar-refractivity contribution in [3.05, 3.63) is 100 Å². The van der Waals surface area contributed by atoms with E-state index < -0.39 is 0 Å². The van der Waals surface area contributed by atoms with Gasteiger partial charge in [-0.25, -0.2) is 0 Å². The van der Waals surface area contributed by atoms with Gasteiger partial charge in [0.2, 0.25) is 0 Å². The molecule has 0 spiro atoms. The number of amidine groups is 1. The quantitative estimate of drug-likeness (QED) is 0.350. The summed E-state index contributed by atoms with van der Waals surface area (Å²) in [6.07, 6.45) is 1.89. The van der Waals surface area contributed by atoms with Crippen LogP contribution in [-0.2, 0) is 17.9 Å². The smallest absolute Gasteiger partial charge is 0.267 e. The van der Waals surface area contributed by atoms with E-state index in [4.69, 9.17) is 14.5 Å². The minimum absolute atomic E-state index is 0.0583. The van der Waals surface area contributed by atoms with Crippen molar-refractivity contribution in [3.8, 4) is 11.5 Å². The highest BCUT2D eigenvalue weighted by Gasteiger charge is 2.33. The van der Waals surface area contributed by atoms with Gasteiger partial charge in [-0.3, -0.25) is 14.7 Å². The summed E-state index contributed by atoms with van der Waals surface area (Å²) in [7, 11) is 0. The Morgan fingerprint density at radius 1 is 0.882 bits per heavy atom. The first-order valence-electron chi connectivity index (χ1n) is 11.4. The standard InChI is InChI=1S/C28H28N2O3S/c1-3-32-24-16-15-23(25(18-24)33-4-2)17-26-27(31)30(20-22-13-9-6-10-14-22)28(34-26)29-19-21-11-7-5-8-12-21/h5-18H,3-4,19-20H2,1-2H3/b26-17+,29-28?. The van der Waals surface area contributed by atoms with Crippen LogP contribution < -0.4 is 9.47 Å². The number of thioether (sulfide) groups is 1. The zero-order chi connectivity index (χ0) is 23.8. The van der Waals surface area contributed by atoms with Crippen LogP contribution in [-0.4, -0.2) is 29.2 Å². The fraction of sp³-hybridized carbons (Fsp3) is 0.214. The maximum absolute atomic E-state index is 13.5. The lowest BCUT2D eigenvalue weighted by molar-refractivity contribution is -0.122. The largest absolute Gasteiger partial charge is 0.494 e. The number of carbonyl (C=O) groups is 1. The minimum Gasteiger partial charge on any atom is -0.494 e. The summed E-state index contributed by atoms with van der Waals surface area (Å²) in [5.74, 6) is 1.38. The highest BCUT2D eigenvalue weighted by Crippen LogP contribution is 2.36. The van der Waals surface area contributed by atoms with Crippen molar-refractivity contribution in [2.45, 2.75) is 26.9 Å². The van der Waals surface area contributed by atoms with Crippen LogP contribution in [0.25, 0.3) is 6.08 Å². The van der Waals surface area contributed by atoms with E-state index in [0.29, 0.717) is 42.1 Å². The van der Waals surface area contributed by atoms with Gasteiger partial charge in [-0.05, 0) is 54.9 Å². The highest BCUT2D eigenvalue weighted by atomic mass is 32.2. The highest BCUT2D eigenvalue weighted by molar-refractivity contribution is 8.18. The number of ether oxygens (including phenoxy) is 2. The van der Waals surface area contributed by atoms with Crippen molar-refractivity contribution in [1.29, 1.82) is 0 Å². The van der Waals surface area contributed by atoms with Gasteiger partial charge in [0, 0.05) is 11.6 Å². The first-order valence-corrected chi connectivity index (χ1v) is 12.2. The molecule has 0 atom stereocenters. The van der Waals surface area contributed by atoms with Gasteiger partial charge in [-0.15, -0.1) is 0 Å². The van der Waals surface area contributed by atoms with Crippen molar-refractivity contribution >= 4 is 28.9 Å². The Morgan fingerprint density at radius 3 is 2.24 bits per heavy atom. The van der Waals surface area contributed by atoms with Crippen molar-refractivity contribution in [2.75, 3.05) is 13.2 Å². The molecule has 1 heterocycles. The Labute approximate surface area is 205 Å². The van der Waals surface area contributed by atoms with Crippen LogP contribution in [0.2, 0.25) is 0 Å². The van der Waals surface area contributed by atoms with Gasteiger partial charge in [0.15, 0.2) is 5.17 Å². The predicted octanol–water partition coefficient (Wildman–Crippen LogP) is 6.16. The molecule has 1 fully saturated rings. The molecule has 3 aromatic rings. The first-order chi connectivity index (χ1) is 16.7. The normalized spacial score (nSPS) is 15.8. The molecule has 0 N–H and O–H groups in total. The van der Waals surface area contributed by atoms with E-state index in [-0.39, 0.29) is 5.91 Å². The van der Waals surface area contributed by atoms with Gasteiger partial charge in [0.1, 0.15) is 11.5 Å². The van der Waals surface area contributed by atoms with Crippen LogP contribution in [0.4, 0.5) is 0 Å². The lowest BCUT2D eigenvalue weighted by Crippen LogP contribution is -2.28. The van der Waals surface area contributed by atoms with Crippen LogP contribution in [0.1, 0.15) is 30.5 Å². The number of benzene rings is 3. The Kier molecular flexibility index (Phi) is 8.04. The molecule has 0 unspecified atom stereocenters.